The Balaban J connectivity index is 1.46. The second-order valence-corrected chi connectivity index (χ2v) is 8.57. The first kappa shape index (κ1) is 28.2. The molecule has 9 heteroatoms. The summed E-state index contributed by atoms with van der Waals surface area (Å²) in [6, 6.07) is 25.1. The van der Waals surface area contributed by atoms with Gasteiger partial charge >= 0.3 is 12.1 Å². The molecule has 0 bridgehead atoms. The molecular weight excluding hydrogens is 488 g/mol. The Morgan fingerprint density at radius 2 is 1.47 bits per heavy atom. The lowest BCUT2D eigenvalue weighted by Crippen LogP contribution is -2.45. The second kappa shape index (κ2) is 15.0. The summed E-state index contributed by atoms with van der Waals surface area (Å²) in [5, 5.41) is 15.2. The van der Waals surface area contributed by atoms with E-state index in [9.17, 15) is 19.5 Å². The van der Waals surface area contributed by atoms with Crippen LogP contribution in [0.3, 0.4) is 0 Å². The molecule has 0 aromatic heterocycles. The topological polar surface area (TPSA) is 123 Å². The standard InChI is InChI=1S/C29H32N2O7/c1-36-28(34)26(16-23-13-8-14-25(15-23)37-19-21-9-4-2-5-10-21)31-27(33)17-24(32)18-30-29(35)38-20-22-11-6-3-7-12-22/h2-15,24,26,32H,16-20H2,1H3,(H,30,35)(H,31,33)/t24-,26+/m1/s1. The molecule has 2 atom stereocenters. The van der Waals surface area contributed by atoms with Crippen LogP contribution in [0.1, 0.15) is 23.1 Å². The van der Waals surface area contributed by atoms with E-state index in [-0.39, 0.29) is 26.0 Å². The number of nitrogens with one attached hydrogen (secondary N) is 2. The van der Waals surface area contributed by atoms with Crippen LogP contribution < -0.4 is 15.4 Å². The molecule has 3 N–H and O–H groups in total. The van der Waals surface area contributed by atoms with E-state index in [4.69, 9.17) is 14.2 Å². The fourth-order valence-electron chi connectivity index (χ4n) is 3.59. The van der Waals surface area contributed by atoms with Crippen molar-refractivity contribution >= 4 is 18.0 Å². The number of esters is 1. The maximum atomic E-state index is 12.5. The van der Waals surface area contributed by atoms with Crippen molar-refractivity contribution in [3.05, 3.63) is 102 Å². The third-order valence-corrected chi connectivity index (χ3v) is 5.52. The molecule has 0 aliphatic carbocycles. The first-order chi connectivity index (χ1) is 18.4. The molecule has 9 nitrogen and oxygen atoms in total. The molecule has 3 aromatic carbocycles. The summed E-state index contributed by atoms with van der Waals surface area (Å²) in [6.07, 6.45) is -2.05. The quantitative estimate of drug-likeness (QED) is 0.296. The minimum absolute atomic E-state index is 0.0859. The molecule has 0 heterocycles. The zero-order valence-corrected chi connectivity index (χ0v) is 21.2. The Kier molecular flexibility index (Phi) is 11.1. The maximum Gasteiger partial charge on any atom is 0.407 e. The van der Waals surface area contributed by atoms with Gasteiger partial charge in [-0.2, -0.15) is 0 Å². The lowest BCUT2D eigenvalue weighted by Gasteiger charge is -2.18. The van der Waals surface area contributed by atoms with Gasteiger partial charge in [-0.15, -0.1) is 0 Å². The Morgan fingerprint density at radius 1 is 0.842 bits per heavy atom. The fourth-order valence-corrected chi connectivity index (χ4v) is 3.59. The van der Waals surface area contributed by atoms with Gasteiger partial charge in [0.15, 0.2) is 0 Å². The summed E-state index contributed by atoms with van der Waals surface area (Å²) >= 11 is 0. The van der Waals surface area contributed by atoms with Crippen molar-refractivity contribution in [2.75, 3.05) is 13.7 Å². The van der Waals surface area contributed by atoms with Crippen molar-refractivity contribution in [1.82, 2.24) is 10.6 Å². The predicted octanol–water partition coefficient (Wildman–Crippen LogP) is 3.14. The monoisotopic (exact) mass is 520 g/mol. The molecule has 0 spiro atoms. The zero-order valence-electron chi connectivity index (χ0n) is 21.2. The van der Waals surface area contributed by atoms with Gasteiger partial charge in [-0.1, -0.05) is 72.8 Å². The highest BCUT2D eigenvalue weighted by Gasteiger charge is 2.23. The van der Waals surface area contributed by atoms with E-state index in [0.717, 1.165) is 16.7 Å². The highest BCUT2D eigenvalue weighted by atomic mass is 16.5. The summed E-state index contributed by atoms with van der Waals surface area (Å²) in [5.74, 6) is -0.558. The number of alkyl carbamates (subject to hydrolysis) is 1. The normalized spacial score (nSPS) is 12.1. The fraction of sp³-hybridized carbons (Fsp3) is 0.276. The molecule has 0 fully saturated rings. The largest absolute Gasteiger partial charge is 0.489 e. The lowest BCUT2D eigenvalue weighted by molar-refractivity contribution is -0.145. The Morgan fingerprint density at radius 3 is 2.13 bits per heavy atom. The van der Waals surface area contributed by atoms with E-state index in [0.29, 0.717) is 12.4 Å². The van der Waals surface area contributed by atoms with Crippen molar-refractivity contribution in [2.45, 2.75) is 38.2 Å². The number of carbonyl (C=O) groups excluding carboxylic acids is 3. The number of rotatable bonds is 13. The van der Waals surface area contributed by atoms with Crippen molar-refractivity contribution in [3.8, 4) is 5.75 Å². The number of amides is 2. The van der Waals surface area contributed by atoms with E-state index in [1.54, 1.807) is 12.1 Å². The van der Waals surface area contributed by atoms with Crippen molar-refractivity contribution in [2.24, 2.45) is 0 Å². The number of hydrogen-bond donors (Lipinski definition) is 3. The van der Waals surface area contributed by atoms with E-state index < -0.39 is 30.1 Å². The summed E-state index contributed by atoms with van der Waals surface area (Å²) in [7, 11) is 1.24. The van der Waals surface area contributed by atoms with Crippen LogP contribution in [-0.4, -0.2) is 48.9 Å². The molecule has 0 aliphatic heterocycles. The highest BCUT2D eigenvalue weighted by molar-refractivity contribution is 5.85. The van der Waals surface area contributed by atoms with Crippen LogP contribution in [0.2, 0.25) is 0 Å². The van der Waals surface area contributed by atoms with Crippen LogP contribution in [0.4, 0.5) is 4.79 Å². The third-order valence-electron chi connectivity index (χ3n) is 5.52. The van der Waals surface area contributed by atoms with Crippen LogP contribution in [0, 0.1) is 0 Å². The average Bonchev–Trinajstić information content (AvgIpc) is 2.94. The van der Waals surface area contributed by atoms with Gasteiger partial charge in [-0.25, -0.2) is 9.59 Å². The van der Waals surface area contributed by atoms with Gasteiger partial charge in [-0.3, -0.25) is 4.79 Å². The van der Waals surface area contributed by atoms with E-state index in [2.05, 4.69) is 10.6 Å². The Labute approximate surface area is 221 Å². The SMILES string of the molecule is COC(=O)[C@H](Cc1cccc(OCc2ccccc2)c1)NC(=O)C[C@@H](O)CNC(=O)OCc1ccccc1. The molecule has 0 aliphatic rings. The van der Waals surface area contributed by atoms with Gasteiger partial charge in [0.25, 0.3) is 0 Å². The third kappa shape index (κ3) is 9.94. The Hall–Kier alpha value is -4.37. The molecule has 0 radical (unpaired) electrons. The average molecular weight is 521 g/mol. The molecule has 2 amide bonds. The summed E-state index contributed by atoms with van der Waals surface area (Å²) in [5.41, 5.74) is 2.61. The van der Waals surface area contributed by atoms with Crippen LogP contribution in [0.15, 0.2) is 84.9 Å². The van der Waals surface area contributed by atoms with Crippen LogP contribution >= 0.6 is 0 Å². The summed E-state index contributed by atoms with van der Waals surface area (Å²) in [4.78, 5) is 36.7. The van der Waals surface area contributed by atoms with Gasteiger partial charge in [0.2, 0.25) is 5.91 Å². The maximum absolute atomic E-state index is 12.5. The van der Waals surface area contributed by atoms with Gasteiger partial charge in [0, 0.05) is 13.0 Å². The number of aliphatic hydroxyl groups is 1. The molecule has 38 heavy (non-hydrogen) atoms. The van der Waals surface area contributed by atoms with Crippen LogP contribution in [0.25, 0.3) is 0 Å². The molecule has 200 valence electrons. The minimum atomic E-state index is -1.17. The van der Waals surface area contributed by atoms with Gasteiger partial charge in [-0.05, 0) is 28.8 Å². The first-order valence-corrected chi connectivity index (χ1v) is 12.2. The molecular formula is C29H32N2O7. The van der Waals surface area contributed by atoms with Crippen LogP contribution in [0.5, 0.6) is 5.75 Å². The summed E-state index contributed by atoms with van der Waals surface area (Å²) < 4.78 is 15.8. The number of hydrogen-bond acceptors (Lipinski definition) is 7. The molecule has 0 saturated carbocycles. The van der Waals surface area contributed by atoms with E-state index in [1.165, 1.54) is 7.11 Å². The summed E-state index contributed by atoms with van der Waals surface area (Å²) in [6.45, 7) is 0.292. The molecule has 3 aromatic rings. The highest BCUT2D eigenvalue weighted by Crippen LogP contribution is 2.17. The van der Waals surface area contributed by atoms with Crippen molar-refractivity contribution in [3.63, 3.8) is 0 Å². The second-order valence-electron chi connectivity index (χ2n) is 8.57. The zero-order chi connectivity index (χ0) is 27.2. The number of carbonyl (C=O) groups is 3. The molecule has 0 unspecified atom stereocenters. The predicted molar refractivity (Wildman–Crippen MR) is 140 cm³/mol. The number of benzene rings is 3. The first-order valence-electron chi connectivity index (χ1n) is 12.2. The van der Waals surface area contributed by atoms with Crippen LogP contribution in [-0.2, 0) is 38.7 Å². The molecule has 0 saturated heterocycles. The minimum Gasteiger partial charge on any atom is -0.489 e. The number of methoxy groups -OCH3 is 1. The van der Waals surface area contributed by atoms with E-state index in [1.807, 2.05) is 72.8 Å². The van der Waals surface area contributed by atoms with Gasteiger partial charge in [0.05, 0.1) is 19.6 Å². The number of ether oxygens (including phenoxy) is 3. The van der Waals surface area contributed by atoms with Gasteiger partial charge < -0.3 is 30.0 Å². The Bertz CT molecular complexity index is 1170. The van der Waals surface area contributed by atoms with E-state index >= 15 is 0 Å². The van der Waals surface area contributed by atoms with Crippen molar-refractivity contribution in [1.29, 1.82) is 0 Å². The number of aliphatic hydroxyl groups excluding tert-OH is 1. The lowest BCUT2D eigenvalue weighted by atomic mass is 10.1. The molecule has 3 rings (SSSR count). The van der Waals surface area contributed by atoms with Gasteiger partial charge in [0.1, 0.15) is 25.0 Å². The smallest absolute Gasteiger partial charge is 0.407 e. The van der Waals surface area contributed by atoms with Crippen molar-refractivity contribution < 1.29 is 33.7 Å².